The van der Waals surface area contributed by atoms with Gasteiger partial charge in [0, 0.05) is 31.2 Å². The molecule has 0 bridgehead atoms. The van der Waals surface area contributed by atoms with Crippen LogP contribution in [0, 0.1) is 0 Å². The van der Waals surface area contributed by atoms with Crippen LogP contribution in [-0.2, 0) is 13.6 Å². The normalized spacial score (nSPS) is 26.6. The Morgan fingerprint density at radius 1 is 1.44 bits per heavy atom. The minimum absolute atomic E-state index is 0.284. The van der Waals surface area contributed by atoms with E-state index in [0.29, 0.717) is 6.04 Å². The third kappa shape index (κ3) is 3.22. The minimum atomic E-state index is 0.284. The van der Waals surface area contributed by atoms with Crippen molar-refractivity contribution in [3.63, 3.8) is 0 Å². The summed E-state index contributed by atoms with van der Waals surface area (Å²) in [6.07, 6.45) is 8.20. The summed E-state index contributed by atoms with van der Waals surface area (Å²) in [6, 6.07) is 2.50. The molecule has 2 rings (SSSR count). The molecule has 2 unspecified atom stereocenters. The average molecular weight is 242 g/mol. The summed E-state index contributed by atoms with van der Waals surface area (Å²) in [4.78, 5) is 0. The molecular weight excluding hydrogens is 222 g/mol. The number of aromatic nitrogens is 2. The van der Waals surface area contributed by atoms with Gasteiger partial charge in [-0.05, 0) is 18.9 Å². The molecule has 0 aromatic carbocycles. The third-order valence-electron chi connectivity index (χ3n) is 3.25. The fourth-order valence-electron chi connectivity index (χ4n) is 2.29. The van der Waals surface area contributed by atoms with Crippen LogP contribution >= 0.6 is 11.6 Å². The monoisotopic (exact) mass is 241 g/mol. The summed E-state index contributed by atoms with van der Waals surface area (Å²) in [5.74, 6) is 0. The highest BCUT2D eigenvalue weighted by atomic mass is 35.5. The summed E-state index contributed by atoms with van der Waals surface area (Å²) in [5, 5.41) is 8.17. The molecule has 0 amide bonds. The van der Waals surface area contributed by atoms with Crippen molar-refractivity contribution in [2.45, 2.75) is 50.1 Å². The molecule has 1 N–H and O–H groups in total. The number of hydrogen-bond donors (Lipinski definition) is 1. The minimum Gasteiger partial charge on any atom is -0.307 e. The van der Waals surface area contributed by atoms with Crippen LogP contribution in [0.2, 0.25) is 0 Å². The second kappa shape index (κ2) is 5.69. The van der Waals surface area contributed by atoms with Crippen molar-refractivity contribution in [1.82, 2.24) is 15.1 Å². The van der Waals surface area contributed by atoms with Crippen LogP contribution in [0.4, 0.5) is 0 Å². The van der Waals surface area contributed by atoms with E-state index in [1.165, 1.54) is 25.7 Å². The zero-order valence-corrected chi connectivity index (χ0v) is 10.6. The predicted octanol–water partition coefficient (Wildman–Crippen LogP) is 2.45. The number of alkyl halides is 1. The first kappa shape index (κ1) is 11.9. The Balaban J connectivity index is 1.83. The van der Waals surface area contributed by atoms with Gasteiger partial charge in [0.25, 0.3) is 0 Å². The van der Waals surface area contributed by atoms with Gasteiger partial charge in [-0.2, -0.15) is 5.10 Å². The Hall–Kier alpha value is -0.540. The smallest absolute Gasteiger partial charge is 0.0762 e. The first-order valence-corrected chi connectivity index (χ1v) is 6.55. The lowest BCUT2D eigenvalue weighted by molar-refractivity contribution is 0.460. The van der Waals surface area contributed by atoms with E-state index in [2.05, 4.69) is 10.4 Å². The van der Waals surface area contributed by atoms with E-state index in [9.17, 15) is 0 Å². The largest absolute Gasteiger partial charge is 0.307 e. The van der Waals surface area contributed by atoms with Gasteiger partial charge >= 0.3 is 0 Å². The number of rotatable bonds is 3. The highest BCUT2D eigenvalue weighted by Crippen LogP contribution is 2.22. The standard InChI is InChI=1S/C12H20ClN3/c1-16-8-7-10(15-16)9-14-12-6-4-2-3-5-11(12)13/h7-8,11-12,14H,2-6,9H2,1H3. The molecule has 1 fully saturated rings. The van der Waals surface area contributed by atoms with Crippen molar-refractivity contribution in [1.29, 1.82) is 0 Å². The lowest BCUT2D eigenvalue weighted by Crippen LogP contribution is -2.35. The summed E-state index contributed by atoms with van der Waals surface area (Å²) in [5.41, 5.74) is 1.09. The van der Waals surface area contributed by atoms with E-state index in [-0.39, 0.29) is 5.38 Å². The molecule has 1 aliphatic carbocycles. The van der Waals surface area contributed by atoms with E-state index in [1.54, 1.807) is 0 Å². The van der Waals surface area contributed by atoms with Gasteiger partial charge in [0.2, 0.25) is 0 Å². The molecule has 1 saturated carbocycles. The van der Waals surface area contributed by atoms with Crippen molar-refractivity contribution >= 4 is 11.6 Å². The van der Waals surface area contributed by atoms with Crippen molar-refractivity contribution < 1.29 is 0 Å². The summed E-state index contributed by atoms with van der Waals surface area (Å²) >= 11 is 6.37. The molecular formula is C12H20ClN3. The van der Waals surface area contributed by atoms with Gasteiger partial charge in [-0.3, -0.25) is 4.68 Å². The second-order valence-corrected chi connectivity index (χ2v) is 5.18. The Bertz CT molecular complexity index is 324. The van der Waals surface area contributed by atoms with Crippen molar-refractivity contribution in [2.24, 2.45) is 7.05 Å². The highest BCUT2D eigenvalue weighted by Gasteiger charge is 2.21. The van der Waals surface area contributed by atoms with Gasteiger partial charge in [-0.25, -0.2) is 0 Å². The van der Waals surface area contributed by atoms with Crippen molar-refractivity contribution in [3.8, 4) is 0 Å². The molecule has 16 heavy (non-hydrogen) atoms. The van der Waals surface area contributed by atoms with E-state index >= 15 is 0 Å². The predicted molar refractivity (Wildman–Crippen MR) is 66.6 cm³/mol. The topological polar surface area (TPSA) is 29.9 Å². The maximum absolute atomic E-state index is 6.37. The quantitative estimate of drug-likeness (QED) is 0.651. The molecule has 0 aliphatic heterocycles. The number of nitrogens with zero attached hydrogens (tertiary/aromatic N) is 2. The number of nitrogens with one attached hydrogen (secondary N) is 1. The molecule has 0 saturated heterocycles. The molecule has 90 valence electrons. The summed E-state index contributed by atoms with van der Waals surface area (Å²) in [7, 11) is 1.94. The Kier molecular flexibility index (Phi) is 4.24. The number of aryl methyl sites for hydroxylation is 1. The van der Waals surface area contributed by atoms with Gasteiger partial charge in [-0.1, -0.05) is 19.3 Å². The highest BCUT2D eigenvalue weighted by molar-refractivity contribution is 6.21. The summed E-state index contributed by atoms with van der Waals surface area (Å²) < 4.78 is 1.84. The average Bonchev–Trinajstić information content (AvgIpc) is 2.56. The van der Waals surface area contributed by atoms with Crippen LogP contribution in [-0.4, -0.2) is 21.2 Å². The molecule has 0 radical (unpaired) electrons. The lowest BCUT2D eigenvalue weighted by Gasteiger charge is -2.20. The number of hydrogen-bond acceptors (Lipinski definition) is 2. The lowest BCUT2D eigenvalue weighted by atomic mass is 10.1. The second-order valence-electron chi connectivity index (χ2n) is 4.62. The molecule has 2 atom stereocenters. The van der Waals surface area contributed by atoms with Gasteiger partial charge in [0.15, 0.2) is 0 Å². The van der Waals surface area contributed by atoms with Crippen molar-refractivity contribution in [3.05, 3.63) is 18.0 Å². The molecule has 0 spiro atoms. The Labute approximate surface area is 102 Å². The van der Waals surface area contributed by atoms with Crippen LogP contribution in [0.1, 0.15) is 37.8 Å². The van der Waals surface area contributed by atoms with E-state index in [4.69, 9.17) is 11.6 Å². The maximum atomic E-state index is 6.37. The SMILES string of the molecule is Cn1ccc(CNC2CCCCCC2Cl)n1. The van der Waals surface area contributed by atoms with Crippen LogP contribution in [0.3, 0.4) is 0 Å². The third-order valence-corrected chi connectivity index (χ3v) is 3.77. The first-order chi connectivity index (χ1) is 7.75. The van der Waals surface area contributed by atoms with Crippen molar-refractivity contribution in [2.75, 3.05) is 0 Å². The maximum Gasteiger partial charge on any atom is 0.0762 e. The molecule has 1 heterocycles. The van der Waals surface area contributed by atoms with Crippen LogP contribution in [0.15, 0.2) is 12.3 Å². The first-order valence-electron chi connectivity index (χ1n) is 6.11. The van der Waals surface area contributed by atoms with Crippen LogP contribution < -0.4 is 5.32 Å². The Morgan fingerprint density at radius 3 is 3.00 bits per heavy atom. The van der Waals surface area contributed by atoms with Gasteiger partial charge in [-0.15, -0.1) is 11.6 Å². The van der Waals surface area contributed by atoms with Crippen LogP contribution in [0.25, 0.3) is 0 Å². The molecule has 3 nitrogen and oxygen atoms in total. The Morgan fingerprint density at radius 2 is 2.25 bits per heavy atom. The fourth-order valence-corrected chi connectivity index (χ4v) is 2.65. The molecule has 4 heteroatoms. The molecule has 1 aromatic rings. The van der Waals surface area contributed by atoms with E-state index < -0.39 is 0 Å². The summed E-state index contributed by atoms with van der Waals surface area (Å²) in [6.45, 7) is 0.828. The van der Waals surface area contributed by atoms with E-state index in [1.807, 2.05) is 24.0 Å². The molecule has 1 aromatic heterocycles. The zero-order chi connectivity index (χ0) is 11.4. The van der Waals surface area contributed by atoms with E-state index in [0.717, 1.165) is 18.7 Å². The van der Waals surface area contributed by atoms with Gasteiger partial charge < -0.3 is 5.32 Å². The number of halogens is 1. The van der Waals surface area contributed by atoms with Gasteiger partial charge in [0.1, 0.15) is 0 Å². The zero-order valence-electron chi connectivity index (χ0n) is 9.82. The van der Waals surface area contributed by atoms with Gasteiger partial charge in [0.05, 0.1) is 5.69 Å². The fraction of sp³-hybridized carbons (Fsp3) is 0.750. The van der Waals surface area contributed by atoms with Crippen LogP contribution in [0.5, 0.6) is 0 Å². The molecule has 1 aliphatic rings.